The van der Waals surface area contributed by atoms with E-state index in [-0.39, 0.29) is 18.9 Å². The first kappa shape index (κ1) is 15.9. The Kier molecular flexibility index (Phi) is 5.34. The molecule has 7 heteroatoms. The molecule has 1 heterocycles. The van der Waals surface area contributed by atoms with Gasteiger partial charge in [-0.05, 0) is 27.7 Å². The molecule has 0 saturated carbocycles. The molecule has 0 radical (unpaired) electrons. The number of ether oxygens (including phenoxy) is 2. The molecule has 110 valence electrons. The Morgan fingerprint density at radius 2 is 2.00 bits per heavy atom. The van der Waals surface area contributed by atoms with Crippen molar-refractivity contribution in [3.8, 4) is 0 Å². The van der Waals surface area contributed by atoms with E-state index in [1.807, 2.05) is 0 Å². The molecule has 0 N–H and O–H groups in total. The molecule has 1 aliphatic heterocycles. The van der Waals surface area contributed by atoms with Gasteiger partial charge < -0.3 is 14.4 Å². The van der Waals surface area contributed by atoms with E-state index in [1.54, 1.807) is 27.7 Å². The number of hydrogen-bond acceptors (Lipinski definition) is 5. The fraction of sp³-hybridized carbons (Fsp3) is 0.833. The summed E-state index contributed by atoms with van der Waals surface area (Å²) in [5, 5.41) is -0.777. The topological polar surface area (TPSA) is 72.9 Å². The number of carbonyl (C=O) groups is 2. The van der Waals surface area contributed by atoms with Crippen LogP contribution in [0.2, 0.25) is 0 Å². The summed E-state index contributed by atoms with van der Waals surface area (Å²) in [6, 6.07) is 0. The molecule has 1 saturated heterocycles. The van der Waals surface area contributed by atoms with Crippen LogP contribution >= 0.6 is 0 Å². The van der Waals surface area contributed by atoms with E-state index in [4.69, 9.17) is 9.47 Å². The predicted octanol–water partition coefficient (Wildman–Crippen LogP) is 0.918. The van der Waals surface area contributed by atoms with E-state index in [9.17, 15) is 13.8 Å². The Morgan fingerprint density at radius 1 is 1.37 bits per heavy atom. The van der Waals surface area contributed by atoms with Crippen LogP contribution in [0.4, 0.5) is 4.79 Å². The molecular weight excluding hydrogens is 270 g/mol. The van der Waals surface area contributed by atoms with Crippen molar-refractivity contribution in [3.63, 3.8) is 0 Å². The highest BCUT2D eigenvalue weighted by atomic mass is 32.2. The van der Waals surface area contributed by atoms with E-state index in [0.717, 1.165) is 0 Å². The Bertz CT molecular complexity index is 377. The van der Waals surface area contributed by atoms with Crippen molar-refractivity contribution in [3.05, 3.63) is 0 Å². The largest absolute Gasteiger partial charge is 0.465 e. The molecule has 1 amide bonds. The van der Waals surface area contributed by atoms with Crippen LogP contribution in [-0.2, 0) is 25.1 Å². The summed E-state index contributed by atoms with van der Waals surface area (Å²) >= 11 is 0. The van der Waals surface area contributed by atoms with E-state index in [1.165, 1.54) is 4.90 Å². The van der Waals surface area contributed by atoms with Gasteiger partial charge in [0.2, 0.25) is 0 Å². The Balaban J connectivity index is 2.66. The molecule has 0 aromatic rings. The molecule has 0 spiro atoms. The van der Waals surface area contributed by atoms with Gasteiger partial charge in [-0.15, -0.1) is 0 Å². The number of carbonyl (C=O) groups excluding carboxylic acids is 2. The molecule has 1 aliphatic rings. The maximum Gasteiger partial charge on any atom is 0.410 e. The monoisotopic (exact) mass is 291 g/mol. The quantitative estimate of drug-likeness (QED) is 0.707. The molecule has 2 atom stereocenters. The minimum atomic E-state index is -1.29. The number of rotatable bonds is 2. The molecule has 19 heavy (non-hydrogen) atoms. The number of esters is 1. The summed E-state index contributed by atoms with van der Waals surface area (Å²) in [7, 11) is -1.29. The minimum absolute atomic E-state index is 0.0837. The normalized spacial score (nSPS) is 23.9. The van der Waals surface area contributed by atoms with Gasteiger partial charge in [-0.1, -0.05) is 0 Å². The number of amides is 1. The lowest BCUT2D eigenvalue weighted by Crippen LogP contribution is -2.51. The summed E-state index contributed by atoms with van der Waals surface area (Å²) in [5.74, 6) is -0.253. The fourth-order valence-corrected chi connectivity index (χ4v) is 2.94. The van der Waals surface area contributed by atoms with Crippen molar-refractivity contribution in [2.75, 3.05) is 25.4 Å². The average Bonchev–Trinajstić information content (AvgIpc) is 2.27. The van der Waals surface area contributed by atoms with Crippen molar-refractivity contribution in [1.82, 2.24) is 4.90 Å². The van der Waals surface area contributed by atoms with Crippen molar-refractivity contribution in [2.24, 2.45) is 0 Å². The van der Waals surface area contributed by atoms with Crippen molar-refractivity contribution in [2.45, 2.75) is 38.5 Å². The Morgan fingerprint density at radius 3 is 2.53 bits per heavy atom. The summed E-state index contributed by atoms with van der Waals surface area (Å²) in [6.07, 6.45) is -0.488. The second-order valence-electron chi connectivity index (χ2n) is 5.25. The first-order valence-corrected chi connectivity index (χ1v) is 7.64. The smallest absolute Gasteiger partial charge is 0.410 e. The molecule has 1 fully saturated rings. The second-order valence-corrected chi connectivity index (χ2v) is 6.99. The Hall–Kier alpha value is -1.11. The third-order valence-electron chi connectivity index (χ3n) is 2.47. The van der Waals surface area contributed by atoms with Gasteiger partial charge in [0.05, 0.1) is 6.61 Å². The summed E-state index contributed by atoms with van der Waals surface area (Å²) < 4.78 is 21.9. The van der Waals surface area contributed by atoms with E-state index in [2.05, 4.69) is 0 Å². The van der Waals surface area contributed by atoms with Gasteiger partial charge in [-0.3, -0.25) is 9.00 Å². The van der Waals surface area contributed by atoms with Gasteiger partial charge in [-0.2, -0.15) is 0 Å². The van der Waals surface area contributed by atoms with Gasteiger partial charge in [-0.25, -0.2) is 4.79 Å². The fourth-order valence-electron chi connectivity index (χ4n) is 1.63. The minimum Gasteiger partial charge on any atom is -0.465 e. The first-order chi connectivity index (χ1) is 8.74. The van der Waals surface area contributed by atoms with E-state index >= 15 is 0 Å². The van der Waals surface area contributed by atoms with Crippen LogP contribution in [-0.4, -0.2) is 57.5 Å². The maximum absolute atomic E-state index is 11.9. The SMILES string of the molecule is CCOC(=O)C1CN(C(=O)OC(C)(C)C)CCS1=O. The van der Waals surface area contributed by atoms with Crippen molar-refractivity contribution in [1.29, 1.82) is 0 Å². The number of hydrogen-bond donors (Lipinski definition) is 0. The van der Waals surface area contributed by atoms with Gasteiger partial charge in [0, 0.05) is 29.6 Å². The molecule has 2 unspecified atom stereocenters. The highest BCUT2D eigenvalue weighted by molar-refractivity contribution is 7.86. The van der Waals surface area contributed by atoms with Crippen LogP contribution in [0.15, 0.2) is 0 Å². The van der Waals surface area contributed by atoms with Crippen LogP contribution in [0.5, 0.6) is 0 Å². The molecule has 0 bridgehead atoms. The zero-order chi connectivity index (χ0) is 14.6. The third kappa shape index (κ3) is 4.81. The first-order valence-electron chi connectivity index (χ1n) is 6.26. The zero-order valence-electron chi connectivity index (χ0n) is 11.8. The zero-order valence-corrected chi connectivity index (χ0v) is 12.6. The van der Waals surface area contributed by atoms with Crippen LogP contribution in [0.1, 0.15) is 27.7 Å². The maximum atomic E-state index is 11.9. The molecule has 6 nitrogen and oxygen atoms in total. The molecule has 0 aromatic heterocycles. The molecular formula is C12H21NO5S. The lowest BCUT2D eigenvalue weighted by molar-refractivity contribution is -0.142. The van der Waals surface area contributed by atoms with Crippen LogP contribution in [0.3, 0.4) is 0 Å². The standard InChI is InChI=1S/C12H21NO5S/c1-5-17-10(14)9-8-13(6-7-19(9)16)11(15)18-12(2,3)4/h9H,5-8H2,1-4H3. The van der Waals surface area contributed by atoms with Gasteiger partial charge >= 0.3 is 12.1 Å². The lowest BCUT2D eigenvalue weighted by Gasteiger charge is -2.32. The van der Waals surface area contributed by atoms with E-state index in [0.29, 0.717) is 6.54 Å². The summed E-state index contributed by atoms with van der Waals surface area (Å²) in [5.41, 5.74) is -0.590. The highest BCUT2D eigenvalue weighted by Gasteiger charge is 2.36. The van der Waals surface area contributed by atoms with Crippen LogP contribution < -0.4 is 0 Å². The van der Waals surface area contributed by atoms with Crippen molar-refractivity contribution < 1.29 is 23.3 Å². The van der Waals surface area contributed by atoms with Gasteiger partial charge in [0.1, 0.15) is 10.9 Å². The van der Waals surface area contributed by atoms with E-state index < -0.39 is 33.7 Å². The molecule has 1 rings (SSSR count). The van der Waals surface area contributed by atoms with Gasteiger partial charge in [0.25, 0.3) is 0 Å². The third-order valence-corrected chi connectivity index (χ3v) is 4.03. The number of nitrogens with zero attached hydrogens (tertiary/aromatic N) is 1. The average molecular weight is 291 g/mol. The van der Waals surface area contributed by atoms with Crippen LogP contribution in [0.25, 0.3) is 0 Å². The van der Waals surface area contributed by atoms with Gasteiger partial charge in [0.15, 0.2) is 0 Å². The van der Waals surface area contributed by atoms with Crippen molar-refractivity contribution >= 4 is 22.9 Å². The molecule has 0 aliphatic carbocycles. The molecule has 0 aromatic carbocycles. The Labute approximate surface area is 115 Å². The lowest BCUT2D eigenvalue weighted by atomic mass is 10.2. The second kappa shape index (κ2) is 6.36. The predicted molar refractivity (Wildman–Crippen MR) is 71.2 cm³/mol. The summed E-state index contributed by atoms with van der Waals surface area (Å²) in [6.45, 7) is 7.66. The summed E-state index contributed by atoms with van der Waals surface area (Å²) in [4.78, 5) is 25.0. The van der Waals surface area contributed by atoms with Crippen LogP contribution in [0, 0.1) is 0 Å². The highest BCUT2D eigenvalue weighted by Crippen LogP contribution is 2.15.